The van der Waals surface area contributed by atoms with Gasteiger partial charge in [-0.1, -0.05) is 199 Å². The topological polar surface area (TPSA) is 78.9 Å². The van der Waals surface area contributed by atoms with Gasteiger partial charge in [-0.15, -0.1) is 0 Å². The Kier molecular flexibility index (Phi) is 48.2. The number of ether oxygens (including phenoxy) is 3. The predicted molar refractivity (Wildman–Crippen MR) is 279 cm³/mol. The van der Waals surface area contributed by atoms with Crippen LogP contribution >= 0.6 is 0 Å². The molecular weight excluding hydrogens is 805 g/mol. The third-order valence-corrected chi connectivity index (χ3v) is 9.91. The molecule has 0 fully saturated rings. The van der Waals surface area contributed by atoms with Gasteiger partial charge in [0.2, 0.25) is 0 Å². The van der Waals surface area contributed by atoms with Crippen LogP contribution in [0.15, 0.2) is 146 Å². The van der Waals surface area contributed by atoms with Crippen molar-refractivity contribution >= 4 is 17.9 Å². The van der Waals surface area contributed by atoms with E-state index in [9.17, 15) is 14.4 Å². The van der Waals surface area contributed by atoms with Gasteiger partial charge in [0.25, 0.3) is 0 Å². The number of rotatable bonds is 43. The lowest BCUT2D eigenvalue weighted by atomic mass is 10.1. The van der Waals surface area contributed by atoms with Crippen molar-refractivity contribution in [2.45, 2.75) is 194 Å². The first-order valence-corrected chi connectivity index (χ1v) is 25.4. The van der Waals surface area contributed by atoms with E-state index in [1.807, 2.05) is 24.3 Å². The molecule has 6 nitrogen and oxygen atoms in total. The highest BCUT2D eigenvalue weighted by molar-refractivity contribution is 5.71. The minimum Gasteiger partial charge on any atom is -0.462 e. The molecule has 0 aliphatic carbocycles. The number of hydrogen-bond acceptors (Lipinski definition) is 6. The van der Waals surface area contributed by atoms with Crippen LogP contribution in [0.3, 0.4) is 0 Å². The third kappa shape index (κ3) is 50.2. The molecule has 362 valence electrons. The number of hydrogen-bond donors (Lipinski definition) is 0. The summed E-state index contributed by atoms with van der Waals surface area (Å²) in [6, 6.07) is 0. The molecule has 0 spiro atoms. The standard InChI is InChI=1S/C59H90O6/c1-4-7-10-13-16-19-22-25-28-31-34-37-40-43-46-49-52-58(61)64-55-56(54-63-57(60)51-48-45-42-39-36-33-30-27-24-21-18-15-12-9-6-3)65-59(62)53-50-47-44-41-38-35-32-29-26-23-20-17-14-11-8-5-2/h7-12,15-21,24-30,34-35,37-38,56H,4-6,13-14,22-23,31-33,36,39-55H2,1-3H3/b10-7-,11-8-,12-9-,18-15-,19-16-,20-17-,24-21-,28-25-,29-26-,30-27-,37-34-,38-35-. The maximum Gasteiger partial charge on any atom is 0.306 e. The smallest absolute Gasteiger partial charge is 0.306 e. The lowest BCUT2D eigenvalue weighted by Gasteiger charge is -2.18. The maximum atomic E-state index is 12.8. The lowest BCUT2D eigenvalue weighted by molar-refractivity contribution is -0.167. The highest BCUT2D eigenvalue weighted by atomic mass is 16.6. The normalized spacial score (nSPS) is 13.3. The summed E-state index contributed by atoms with van der Waals surface area (Å²) in [5.74, 6) is -1.02. The molecule has 0 bridgehead atoms. The number of unbranched alkanes of at least 4 members (excludes halogenated alkanes) is 11. The van der Waals surface area contributed by atoms with Gasteiger partial charge in [-0.05, 0) is 116 Å². The molecule has 0 saturated carbocycles. The van der Waals surface area contributed by atoms with Crippen LogP contribution in [0.1, 0.15) is 188 Å². The molecule has 0 aliphatic rings. The van der Waals surface area contributed by atoms with Gasteiger partial charge < -0.3 is 14.2 Å². The van der Waals surface area contributed by atoms with Gasteiger partial charge in [0, 0.05) is 19.3 Å². The summed E-state index contributed by atoms with van der Waals surface area (Å²) in [6.45, 7) is 6.17. The molecule has 0 aromatic carbocycles. The SMILES string of the molecule is CC\C=C/C=C\C=C/C=C\CCCCCCCC(=O)OCC(COC(=O)CCCCC/C=C\C/C=C\C/C=C\C/C=C\CC)OC(=O)CCCCC/C=C\C/C=C\C/C=C\C/C=C\CC. The second-order valence-corrected chi connectivity index (χ2v) is 16.0. The van der Waals surface area contributed by atoms with Crippen molar-refractivity contribution in [2.75, 3.05) is 13.2 Å². The Morgan fingerprint density at radius 2 is 0.631 bits per heavy atom. The van der Waals surface area contributed by atoms with Crippen molar-refractivity contribution in [1.82, 2.24) is 0 Å². The molecule has 0 aromatic rings. The van der Waals surface area contributed by atoms with Crippen molar-refractivity contribution in [1.29, 1.82) is 0 Å². The van der Waals surface area contributed by atoms with Gasteiger partial charge in [-0.3, -0.25) is 14.4 Å². The zero-order valence-corrected chi connectivity index (χ0v) is 41.2. The van der Waals surface area contributed by atoms with Gasteiger partial charge in [-0.25, -0.2) is 0 Å². The summed E-state index contributed by atoms with van der Waals surface area (Å²) in [5, 5.41) is 0. The molecule has 1 atom stereocenters. The number of allylic oxidation sites excluding steroid dienone is 24. The second kappa shape index (κ2) is 51.9. The summed E-state index contributed by atoms with van der Waals surface area (Å²) in [7, 11) is 0. The first-order valence-electron chi connectivity index (χ1n) is 25.4. The fourth-order valence-electron chi connectivity index (χ4n) is 6.20. The molecular formula is C59H90O6. The maximum absolute atomic E-state index is 12.8. The van der Waals surface area contributed by atoms with E-state index < -0.39 is 6.10 Å². The predicted octanol–water partition coefficient (Wildman–Crippen LogP) is 16.9. The van der Waals surface area contributed by atoms with E-state index in [0.717, 1.165) is 141 Å². The summed E-state index contributed by atoms with van der Waals surface area (Å²) >= 11 is 0. The van der Waals surface area contributed by atoms with Crippen LogP contribution in [0.2, 0.25) is 0 Å². The molecule has 0 amide bonds. The third-order valence-electron chi connectivity index (χ3n) is 9.91. The van der Waals surface area contributed by atoms with Crippen molar-refractivity contribution in [2.24, 2.45) is 0 Å². The Morgan fingerprint density at radius 3 is 1.06 bits per heavy atom. The molecule has 1 unspecified atom stereocenters. The molecule has 0 heterocycles. The van der Waals surface area contributed by atoms with Crippen LogP contribution in [0.25, 0.3) is 0 Å². The molecule has 65 heavy (non-hydrogen) atoms. The summed E-state index contributed by atoms with van der Waals surface area (Å²) in [4.78, 5) is 38.0. The number of esters is 3. The highest BCUT2D eigenvalue weighted by Gasteiger charge is 2.19. The Morgan fingerprint density at radius 1 is 0.323 bits per heavy atom. The molecule has 0 saturated heterocycles. The number of carbonyl (C=O) groups excluding carboxylic acids is 3. The van der Waals surface area contributed by atoms with E-state index >= 15 is 0 Å². The van der Waals surface area contributed by atoms with E-state index in [1.165, 1.54) is 0 Å². The van der Waals surface area contributed by atoms with E-state index in [4.69, 9.17) is 14.2 Å². The quantitative estimate of drug-likeness (QED) is 0.0199. The van der Waals surface area contributed by atoms with E-state index in [-0.39, 0.29) is 37.5 Å². The molecule has 0 aromatic heterocycles. The van der Waals surface area contributed by atoms with Crippen LogP contribution < -0.4 is 0 Å². The van der Waals surface area contributed by atoms with Crippen molar-refractivity contribution in [3.63, 3.8) is 0 Å². The Labute approximate surface area is 397 Å². The fourth-order valence-corrected chi connectivity index (χ4v) is 6.20. The van der Waals surface area contributed by atoms with Crippen molar-refractivity contribution in [3.8, 4) is 0 Å². The van der Waals surface area contributed by atoms with E-state index in [0.29, 0.717) is 19.3 Å². The zero-order chi connectivity index (χ0) is 47.2. The van der Waals surface area contributed by atoms with E-state index in [1.54, 1.807) is 0 Å². The highest BCUT2D eigenvalue weighted by Crippen LogP contribution is 2.12. The Bertz CT molecular complexity index is 1490. The zero-order valence-electron chi connectivity index (χ0n) is 41.2. The summed E-state index contributed by atoms with van der Waals surface area (Å²) in [5.41, 5.74) is 0. The second-order valence-electron chi connectivity index (χ2n) is 16.0. The molecule has 6 heteroatoms. The van der Waals surface area contributed by atoms with E-state index in [2.05, 4.69) is 142 Å². The van der Waals surface area contributed by atoms with Crippen LogP contribution in [0.4, 0.5) is 0 Å². The largest absolute Gasteiger partial charge is 0.462 e. The number of carbonyl (C=O) groups is 3. The summed E-state index contributed by atoms with van der Waals surface area (Å²) < 4.78 is 16.7. The average Bonchev–Trinajstić information content (AvgIpc) is 3.30. The van der Waals surface area contributed by atoms with Crippen LogP contribution in [-0.4, -0.2) is 37.2 Å². The Hall–Kier alpha value is -4.71. The fraction of sp³-hybridized carbons (Fsp3) is 0.542. The van der Waals surface area contributed by atoms with Gasteiger partial charge in [-0.2, -0.15) is 0 Å². The minimum atomic E-state index is -0.824. The molecule has 0 rings (SSSR count). The van der Waals surface area contributed by atoms with Gasteiger partial charge >= 0.3 is 17.9 Å². The monoisotopic (exact) mass is 895 g/mol. The van der Waals surface area contributed by atoms with Crippen LogP contribution in [0, 0.1) is 0 Å². The van der Waals surface area contributed by atoms with Gasteiger partial charge in [0.05, 0.1) is 0 Å². The molecule has 0 radical (unpaired) electrons. The van der Waals surface area contributed by atoms with Crippen LogP contribution in [0.5, 0.6) is 0 Å². The summed E-state index contributed by atoms with van der Waals surface area (Å²) in [6.07, 6.45) is 74.0. The first kappa shape index (κ1) is 60.3. The van der Waals surface area contributed by atoms with Crippen LogP contribution in [-0.2, 0) is 28.6 Å². The molecule has 0 aliphatic heterocycles. The van der Waals surface area contributed by atoms with Gasteiger partial charge in [0.1, 0.15) is 13.2 Å². The Balaban J connectivity index is 4.58. The van der Waals surface area contributed by atoms with Gasteiger partial charge in [0.15, 0.2) is 6.10 Å². The van der Waals surface area contributed by atoms with Crippen molar-refractivity contribution in [3.05, 3.63) is 146 Å². The minimum absolute atomic E-state index is 0.120. The average molecular weight is 895 g/mol. The molecule has 0 N–H and O–H groups in total. The van der Waals surface area contributed by atoms with Crippen molar-refractivity contribution < 1.29 is 28.6 Å². The lowest BCUT2D eigenvalue weighted by Crippen LogP contribution is -2.30. The first-order chi connectivity index (χ1) is 32.0.